The zero-order valence-electron chi connectivity index (χ0n) is 12.9. The number of aryl methyl sites for hydroxylation is 1. The van der Waals surface area contributed by atoms with Crippen LogP contribution in [0.25, 0.3) is 0 Å². The first-order chi connectivity index (χ1) is 10.5. The lowest BCUT2D eigenvalue weighted by Gasteiger charge is -2.24. The van der Waals surface area contributed by atoms with Gasteiger partial charge in [0.25, 0.3) is 0 Å². The molecule has 0 aliphatic rings. The second-order valence-corrected chi connectivity index (χ2v) is 4.87. The molecule has 0 saturated carbocycles. The SMILES string of the molecule is CCN(C(=O)CN(C(C)=O)c1cc(C)on1)c1ccccc1. The first kappa shape index (κ1) is 15.8. The molecule has 22 heavy (non-hydrogen) atoms. The molecule has 0 atom stereocenters. The number of nitrogens with zero attached hydrogens (tertiary/aromatic N) is 3. The predicted molar refractivity (Wildman–Crippen MR) is 83.7 cm³/mol. The second kappa shape index (κ2) is 6.89. The molecule has 0 N–H and O–H groups in total. The van der Waals surface area contributed by atoms with Crippen molar-refractivity contribution in [1.82, 2.24) is 5.16 Å². The summed E-state index contributed by atoms with van der Waals surface area (Å²) in [7, 11) is 0. The van der Waals surface area contributed by atoms with Crippen LogP contribution in [0.15, 0.2) is 40.9 Å². The molecule has 1 aromatic carbocycles. The van der Waals surface area contributed by atoms with Crippen LogP contribution < -0.4 is 9.80 Å². The van der Waals surface area contributed by atoms with E-state index in [-0.39, 0.29) is 18.4 Å². The van der Waals surface area contributed by atoms with Gasteiger partial charge in [0.1, 0.15) is 12.3 Å². The minimum absolute atomic E-state index is 0.0793. The van der Waals surface area contributed by atoms with Crippen LogP contribution in [0, 0.1) is 6.92 Å². The standard InChI is InChI=1S/C16H19N3O3/c1-4-18(14-8-6-5-7-9-14)16(21)11-19(13(3)20)15-10-12(2)22-17-15/h5-10H,4,11H2,1-3H3. The summed E-state index contributed by atoms with van der Waals surface area (Å²) in [6.07, 6.45) is 0. The highest BCUT2D eigenvalue weighted by atomic mass is 16.5. The van der Waals surface area contributed by atoms with E-state index in [9.17, 15) is 9.59 Å². The molecule has 0 unspecified atom stereocenters. The van der Waals surface area contributed by atoms with Crippen LogP contribution in [0.1, 0.15) is 19.6 Å². The largest absolute Gasteiger partial charge is 0.360 e. The number of hydrogen-bond acceptors (Lipinski definition) is 4. The first-order valence-electron chi connectivity index (χ1n) is 7.09. The molecule has 0 saturated heterocycles. The van der Waals surface area contributed by atoms with Crippen LogP contribution in [-0.4, -0.2) is 30.1 Å². The highest BCUT2D eigenvalue weighted by Gasteiger charge is 2.22. The lowest BCUT2D eigenvalue weighted by Crippen LogP contribution is -2.42. The number of carbonyl (C=O) groups is 2. The smallest absolute Gasteiger partial charge is 0.247 e. The summed E-state index contributed by atoms with van der Waals surface area (Å²) in [5.41, 5.74) is 0.801. The van der Waals surface area contributed by atoms with E-state index < -0.39 is 0 Å². The summed E-state index contributed by atoms with van der Waals surface area (Å²) in [5, 5.41) is 3.81. The van der Waals surface area contributed by atoms with E-state index in [2.05, 4.69) is 5.16 Å². The zero-order chi connectivity index (χ0) is 16.1. The third-order valence-corrected chi connectivity index (χ3v) is 3.25. The van der Waals surface area contributed by atoms with Gasteiger partial charge >= 0.3 is 0 Å². The van der Waals surface area contributed by atoms with E-state index in [1.54, 1.807) is 17.9 Å². The maximum absolute atomic E-state index is 12.5. The molecule has 0 bridgehead atoms. The molecule has 116 valence electrons. The minimum atomic E-state index is -0.259. The number of carbonyl (C=O) groups excluding carboxylic acids is 2. The Morgan fingerprint density at radius 2 is 1.86 bits per heavy atom. The third kappa shape index (κ3) is 3.52. The number of amides is 2. The van der Waals surface area contributed by atoms with Gasteiger partial charge < -0.3 is 9.42 Å². The number of rotatable bonds is 5. The molecule has 0 radical (unpaired) electrons. The summed E-state index contributed by atoms with van der Waals surface area (Å²) < 4.78 is 4.98. The van der Waals surface area contributed by atoms with Crippen molar-refractivity contribution < 1.29 is 14.1 Å². The Morgan fingerprint density at radius 1 is 1.18 bits per heavy atom. The number of benzene rings is 1. The summed E-state index contributed by atoms with van der Waals surface area (Å²) in [4.78, 5) is 27.3. The zero-order valence-corrected chi connectivity index (χ0v) is 12.9. The fraction of sp³-hybridized carbons (Fsp3) is 0.312. The average molecular weight is 301 g/mol. The summed E-state index contributed by atoms with van der Waals surface area (Å²) >= 11 is 0. The van der Waals surface area contributed by atoms with Gasteiger partial charge in [-0.2, -0.15) is 0 Å². The van der Waals surface area contributed by atoms with E-state index >= 15 is 0 Å². The molecular weight excluding hydrogens is 282 g/mol. The fourth-order valence-corrected chi connectivity index (χ4v) is 2.17. The lowest BCUT2D eigenvalue weighted by atomic mass is 10.2. The van der Waals surface area contributed by atoms with E-state index in [1.165, 1.54) is 11.8 Å². The van der Waals surface area contributed by atoms with Crippen molar-refractivity contribution in [2.45, 2.75) is 20.8 Å². The number of anilines is 2. The Morgan fingerprint density at radius 3 is 2.36 bits per heavy atom. The topological polar surface area (TPSA) is 66.7 Å². The highest BCUT2D eigenvalue weighted by molar-refractivity contribution is 6.02. The summed E-state index contributed by atoms with van der Waals surface area (Å²) in [6, 6.07) is 11.0. The lowest BCUT2D eigenvalue weighted by molar-refractivity contribution is -0.121. The fourth-order valence-electron chi connectivity index (χ4n) is 2.17. The van der Waals surface area contributed by atoms with Crippen LogP contribution in [-0.2, 0) is 9.59 Å². The van der Waals surface area contributed by atoms with Crippen molar-refractivity contribution in [3.05, 3.63) is 42.2 Å². The van der Waals surface area contributed by atoms with Crippen LogP contribution in [0.2, 0.25) is 0 Å². The maximum atomic E-state index is 12.5. The molecule has 2 aromatic rings. The molecule has 1 heterocycles. The van der Waals surface area contributed by atoms with Crippen LogP contribution >= 0.6 is 0 Å². The molecule has 6 nitrogen and oxygen atoms in total. The van der Waals surface area contributed by atoms with Crippen molar-refractivity contribution in [2.75, 3.05) is 22.9 Å². The van der Waals surface area contributed by atoms with Gasteiger partial charge in [0.15, 0.2) is 5.82 Å². The van der Waals surface area contributed by atoms with Gasteiger partial charge in [0.05, 0.1) is 0 Å². The minimum Gasteiger partial charge on any atom is -0.360 e. The maximum Gasteiger partial charge on any atom is 0.247 e. The van der Waals surface area contributed by atoms with Gasteiger partial charge in [-0.3, -0.25) is 14.5 Å². The van der Waals surface area contributed by atoms with Crippen molar-refractivity contribution in [3.63, 3.8) is 0 Å². The van der Waals surface area contributed by atoms with Gasteiger partial charge in [0.2, 0.25) is 11.8 Å². The van der Waals surface area contributed by atoms with Gasteiger partial charge in [-0.25, -0.2) is 0 Å². The molecular formula is C16H19N3O3. The van der Waals surface area contributed by atoms with E-state index in [0.717, 1.165) is 5.69 Å². The number of aromatic nitrogens is 1. The predicted octanol–water partition coefficient (Wildman–Crippen LogP) is 2.39. The summed E-state index contributed by atoms with van der Waals surface area (Å²) in [5.74, 6) is 0.502. The van der Waals surface area contributed by atoms with Crippen molar-refractivity contribution in [1.29, 1.82) is 0 Å². The van der Waals surface area contributed by atoms with E-state index in [1.807, 2.05) is 37.3 Å². The van der Waals surface area contributed by atoms with Crippen LogP contribution in [0.3, 0.4) is 0 Å². The molecule has 2 rings (SSSR count). The molecule has 0 fully saturated rings. The molecule has 0 aliphatic carbocycles. The number of likely N-dealkylation sites (N-methyl/N-ethyl adjacent to an activating group) is 1. The van der Waals surface area contributed by atoms with E-state index in [4.69, 9.17) is 4.52 Å². The Hall–Kier alpha value is -2.63. The summed E-state index contributed by atoms with van der Waals surface area (Å²) in [6.45, 7) is 5.47. The van der Waals surface area contributed by atoms with Gasteiger partial charge in [-0.15, -0.1) is 0 Å². The first-order valence-corrected chi connectivity index (χ1v) is 7.09. The highest BCUT2D eigenvalue weighted by Crippen LogP contribution is 2.17. The Labute approximate surface area is 129 Å². The molecule has 2 amide bonds. The molecule has 6 heteroatoms. The number of hydrogen-bond donors (Lipinski definition) is 0. The van der Waals surface area contributed by atoms with E-state index in [0.29, 0.717) is 18.1 Å². The average Bonchev–Trinajstić information content (AvgIpc) is 2.92. The Bertz CT molecular complexity index is 652. The Kier molecular flexibility index (Phi) is 4.93. The third-order valence-electron chi connectivity index (χ3n) is 3.25. The van der Waals surface area contributed by atoms with Crippen LogP contribution in [0.4, 0.5) is 11.5 Å². The van der Waals surface area contributed by atoms with Gasteiger partial charge in [-0.05, 0) is 26.0 Å². The van der Waals surface area contributed by atoms with Crippen LogP contribution in [0.5, 0.6) is 0 Å². The van der Waals surface area contributed by atoms with Crippen molar-refractivity contribution >= 4 is 23.3 Å². The Balaban J connectivity index is 2.19. The van der Waals surface area contributed by atoms with Crippen molar-refractivity contribution in [2.24, 2.45) is 0 Å². The quantitative estimate of drug-likeness (QED) is 0.850. The second-order valence-electron chi connectivity index (χ2n) is 4.87. The monoisotopic (exact) mass is 301 g/mol. The van der Waals surface area contributed by atoms with Crippen molar-refractivity contribution in [3.8, 4) is 0 Å². The van der Waals surface area contributed by atoms with Gasteiger partial charge in [-0.1, -0.05) is 23.4 Å². The van der Waals surface area contributed by atoms with Gasteiger partial charge in [0, 0.05) is 25.2 Å². The molecule has 0 aliphatic heterocycles. The normalized spacial score (nSPS) is 10.3. The molecule has 1 aromatic heterocycles. The molecule has 0 spiro atoms. The number of para-hydroxylation sites is 1.